The minimum Gasteiger partial charge on any atom is -0.356 e. The molecule has 2 saturated heterocycles. The largest absolute Gasteiger partial charge is 0.356 e. The van der Waals surface area contributed by atoms with Crippen LogP contribution in [0.5, 0.6) is 0 Å². The number of carbonyl (C=O) groups is 1. The fourth-order valence-electron chi connectivity index (χ4n) is 2.52. The van der Waals surface area contributed by atoms with E-state index < -0.39 is 9.84 Å². The van der Waals surface area contributed by atoms with Crippen molar-refractivity contribution < 1.29 is 13.2 Å². The first kappa shape index (κ1) is 12.8. The Labute approximate surface area is 102 Å². The van der Waals surface area contributed by atoms with Crippen molar-refractivity contribution in [3.05, 3.63) is 0 Å². The third-order valence-electron chi connectivity index (χ3n) is 3.51. The lowest BCUT2D eigenvalue weighted by molar-refractivity contribution is -0.121. The number of hydrogen-bond donors (Lipinski definition) is 2. The molecule has 2 rings (SSSR count). The topological polar surface area (TPSA) is 75.3 Å². The minimum absolute atomic E-state index is 0.0358. The van der Waals surface area contributed by atoms with Crippen LogP contribution in [0.4, 0.5) is 0 Å². The molecule has 2 atom stereocenters. The van der Waals surface area contributed by atoms with E-state index in [0.29, 0.717) is 25.4 Å². The van der Waals surface area contributed by atoms with E-state index in [1.807, 2.05) is 0 Å². The van der Waals surface area contributed by atoms with Gasteiger partial charge in [0.25, 0.3) is 0 Å². The summed E-state index contributed by atoms with van der Waals surface area (Å²) in [4.78, 5) is 11.6. The fraction of sp³-hybridized carbons (Fsp3) is 0.909. The van der Waals surface area contributed by atoms with E-state index in [0.717, 1.165) is 19.4 Å². The van der Waals surface area contributed by atoms with Crippen LogP contribution in [-0.2, 0) is 14.6 Å². The standard InChI is InChI=1S/C11H20N2O3S/c14-11(6-10-2-1-4-12-10)13-7-9-3-5-17(15,16)8-9/h9-10,12H,1-8H2,(H,13,14). The highest BCUT2D eigenvalue weighted by atomic mass is 32.2. The van der Waals surface area contributed by atoms with Crippen molar-refractivity contribution in [1.82, 2.24) is 10.6 Å². The van der Waals surface area contributed by atoms with Crippen LogP contribution in [0.2, 0.25) is 0 Å². The molecule has 1 amide bonds. The number of rotatable bonds is 4. The first-order valence-corrected chi connectivity index (χ1v) is 8.08. The monoisotopic (exact) mass is 260 g/mol. The average molecular weight is 260 g/mol. The van der Waals surface area contributed by atoms with Gasteiger partial charge in [-0.2, -0.15) is 0 Å². The molecular weight excluding hydrogens is 240 g/mol. The summed E-state index contributed by atoms with van der Waals surface area (Å²) in [6.07, 6.45) is 3.40. The molecule has 6 heteroatoms. The van der Waals surface area contributed by atoms with Crippen LogP contribution in [0.3, 0.4) is 0 Å². The number of nitrogens with one attached hydrogen (secondary N) is 2. The molecule has 0 radical (unpaired) electrons. The van der Waals surface area contributed by atoms with E-state index in [1.54, 1.807) is 0 Å². The highest BCUT2D eigenvalue weighted by Crippen LogP contribution is 2.17. The molecule has 17 heavy (non-hydrogen) atoms. The van der Waals surface area contributed by atoms with Gasteiger partial charge < -0.3 is 10.6 Å². The molecule has 0 spiro atoms. The maximum Gasteiger partial charge on any atom is 0.221 e. The molecule has 2 unspecified atom stereocenters. The van der Waals surface area contributed by atoms with E-state index >= 15 is 0 Å². The maximum atomic E-state index is 11.6. The van der Waals surface area contributed by atoms with Gasteiger partial charge in [-0.15, -0.1) is 0 Å². The smallest absolute Gasteiger partial charge is 0.221 e. The molecule has 2 aliphatic heterocycles. The third-order valence-corrected chi connectivity index (χ3v) is 5.35. The zero-order valence-corrected chi connectivity index (χ0v) is 10.8. The van der Waals surface area contributed by atoms with Crippen LogP contribution in [0.25, 0.3) is 0 Å². The van der Waals surface area contributed by atoms with Crippen molar-refractivity contribution >= 4 is 15.7 Å². The Morgan fingerprint density at radius 2 is 2.18 bits per heavy atom. The van der Waals surface area contributed by atoms with E-state index in [1.165, 1.54) is 0 Å². The van der Waals surface area contributed by atoms with E-state index in [4.69, 9.17) is 0 Å². The molecular formula is C11H20N2O3S. The average Bonchev–Trinajstić information content (AvgIpc) is 2.85. The Balaban J connectivity index is 1.66. The van der Waals surface area contributed by atoms with Gasteiger partial charge in [0.1, 0.15) is 0 Å². The van der Waals surface area contributed by atoms with Crippen LogP contribution in [-0.4, -0.2) is 45.0 Å². The number of sulfone groups is 1. The highest BCUT2D eigenvalue weighted by Gasteiger charge is 2.28. The SMILES string of the molecule is O=C(CC1CCCN1)NCC1CCS(=O)(=O)C1. The van der Waals surface area contributed by atoms with Gasteiger partial charge in [0, 0.05) is 19.0 Å². The zero-order valence-electron chi connectivity index (χ0n) is 9.94. The van der Waals surface area contributed by atoms with Gasteiger partial charge in [-0.3, -0.25) is 4.79 Å². The first-order valence-electron chi connectivity index (χ1n) is 6.26. The first-order chi connectivity index (χ1) is 8.05. The van der Waals surface area contributed by atoms with Crippen LogP contribution in [0.1, 0.15) is 25.7 Å². The van der Waals surface area contributed by atoms with Crippen LogP contribution in [0, 0.1) is 5.92 Å². The highest BCUT2D eigenvalue weighted by molar-refractivity contribution is 7.91. The van der Waals surface area contributed by atoms with Crippen LogP contribution < -0.4 is 10.6 Å². The van der Waals surface area contributed by atoms with Crippen molar-refractivity contribution in [1.29, 1.82) is 0 Å². The van der Waals surface area contributed by atoms with E-state index in [9.17, 15) is 13.2 Å². The van der Waals surface area contributed by atoms with Crippen LogP contribution in [0.15, 0.2) is 0 Å². The number of carbonyl (C=O) groups excluding carboxylic acids is 1. The predicted octanol–water partition coefficient (Wildman–Crippen LogP) is -0.321. The van der Waals surface area contributed by atoms with E-state index in [2.05, 4.69) is 10.6 Å². The molecule has 5 nitrogen and oxygen atoms in total. The third kappa shape index (κ3) is 3.96. The summed E-state index contributed by atoms with van der Waals surface area (Å²) in [6.45, 7) is 1.50. The van der Waals surface area contributed by atoms with Gasteiger partial charge >= 0.3 is 0 Å². The molecule has 0 aromatic rings. The van der Waals surface area contributed by atoms with Gasteiger partial charge in [0.15, 0.2) is 9.84 Å². The lowest BCUT2D eigenvalue weighted by Crippen LogP contribution is -2.34. The molecule has 2 N–H and O–H groups in total. The number of amides is 1. The molecule has 0 aromatic carbocycles. The lowest BCUT2D eigenvalue weighted by Gasteiger charge is -2.12. The van der Waals surface area contributed by atoms with E-state index in [-0.39, 0.29) is 23.3 Å². The number of hydrogen-bond acceptors (Lipinski definition) is 4. The Kier molecular flexibility index (Phi) is 4.04. The summed E-state index contributed by atoms with van der Waals surface area (Å²) in [7, 11) is -2.83. The molecule has 2 fully saturated rings. The zero-order chi connectivity index (χ0) is 12.3. The second kappa shape index (κ2) is 5.35. The quantitative estimate of drug-likeness (QED) is 0.726. The van der Waals surface area contributed by atoms with Gasteiger partial charge in [-0.05, 0) is 31.7 Å². The van der Waals surface area contributed by atoms with Gasteiger partial charge in [0.05, 0.1) is 11.5 Å². The Morgan fingerprint density at radius 1 is 1.35 bits per heavy atom. The normalized spacial score (nSPS) is 31.5. The van der Waals surface area contributed by atoms with Crippen molar-refractivity contribution in [2.24, 2.45) is 5.92 Å². The Morgan fingerprint density at radius 3 is 2.76 bits per heavy atom. The van der Waals surface area contributed by atoms with Gasteiger partial charge in [-0.25, -0.2) is 8.42 Å². The van der Waals surface area contributed by atoms with Crippen molar-refractivity contribution in [2.75, 3.05) is 24.6 Å². The summed E-state index contributed by atoms with van der Waals surface area (Å²) in [5.41, 5.74) is 0. The summed E-state index contributed by atoms with van der Waals surface area (Å²) in [6, 6.07) is 0.308. The molecule has 98 valence electrons. The van der Waals surface area contributed by atoms with Crippen molar-refractivity contribution in [3.63, 3.8) is 0 Å². The summed E-state index contributed by atoms with van der Waals surface area (Å²) >= 11 is 0. The fourth-order valence-corrected chi connectivity index (χ4v) is 4.38. The molecule has 0 aliphatic carbocycles. The van der Waals surface area contributed by atoms with Crippen molar-refractivity contribution in [3.8, 4) is 0 Å². The molecule has 2 aliphatic rings. The predicted molar refractivity (Wildman–Crippen MR) is 65.4 cm³/mol. The summed E-state index contributed by atoms with van der Waals surface area (Å²) in [5, 5.41) is 6.12. The van der Waals surface area contributed by atoms with Gasteiger partial charge in [0.2, 0.25) is 5.91 Å². The Bertz CT molecular complexity index is 374. The molecule has 0 aromatic heterocycles. The Hall–Kier alpha value is -0.620. The second-order valence-electron chi connectivity index (χ2n) is 5.07. The molecule has 2 heterocycles. The molecule has 0 bridgehead atoms. The van der Waals surface area contributed by atoms with Crippen molar-refractivity contribution in [2.45, 2.75) is 31.7 Å². The lowest BCUT2D eigenvalue weighted by atomic mass is 10.1. The van der Waals surface area contributed by atoms with Crippen LogP contribution >= 0.6 is 0 Å². The summed E-state index contributed by atoms with van der Waals surface area (Å²) in [5.74, 6) is 0.654. The molecule has 0 saturated carbocycles. The summed E-state index contributed by atoms with van der Waals surface area (Å²) < 4.78 is 22.5. The van der Waals surface area contributed by atoms with Gasteiger partial charge in [-0.1, -0.05) is 0 Å². The maximum absolute atomic E-state index is 11.6. The minimum atomic E-state index is -2.83. The second-order valence-corrected chi connectivity index (χ2v) is 7.30.